The molecule has 0 aliphatic carbocycles. The summed E-state index contributed by atoms with van der Waals surface area (Å²) < 4.78 is 5.13. The monoisotopic (exact) mass is 258 g/mol. The Morgan fingerprint density at radius 2 is 2.00 bits per heavy atom. The van der Waals surface area contributed by atoms with E-state index in [4.69, 9.17) is 4.74 Å². The van der Waals surface area contributed by atoms with E-state index in [0.717, 1.165) is 24.5 Å². The van der Waals surface area contributed by atoms with Gasteiger partial charge in [0.05, 0.1) is 7.11 Å². The number of pyridine rings is 1. The number of hydrogen-bond acceptors (Lipinski definition) is 5. The third-order valence-corrected chi connectivity index (χ3v) is 2.66. The van der Waals surface area contributed by atoms with E-state index in [0.29, 0.717) is 17.4 Å². The minimum Gasteiger partial charge on any atom is -0.481 e. The van der Waals surface area contributed by atoms with Crippen LogP contribution in [-0.2, 0) is 6.42 Å². The number of anilines is 1. The molecular formula is C14H18N4O. The molecule has 0 unspecified atom stereocenters. The summed E-state index contributed by atoms with van der Waals surface area (Å²) in [5, 5.41) is 3.21. The Kier molecular flexibility index (Phi) is 4.28. The Morgan fingerprint density at radius 1 is 1.16 bits per heavy atom. The summed E-state index contributed by atoms with van der Waals surface area (Å²) >= 11 is 0. The quantitative estimate of drug-likeness (QED) is 0.893. The zero-order valence-corrected chi connectivity index (χ0v) is 11.5. The highest BCUT2D eigenvalue weighted by molar-refractivity contribution is 5.53. The van der Waals surface area contributed by atoms with Gasteiger partial charge in [-0.2, -0.15) is 0 Å². The molecule has 100 valence electrons. The highest BCUT2D eigenvalue weighted by Gasteiger charge is 2.08. The summed E-state index contributed by atoms with van der Waals surface area (Å²) in [4.78, 5) is 13.4. The molecule has 19 heavy (non-hydrogen) atoms. The molecule has 2 heterocycles. The molecule has 2 aromatic rings. The molecule has 5 heteroatoms. The second-order valence-electron chi connectivity index (χ2n) is 4.02. The van der Waals surface area contributed by atoms with Crippen LogP contribution in [0.2, 0.25) is 0 Å². The lowest BCUT2D eigenvalue weighted by Crippen LogP contribution is -2.04. The van der Waals surface area contributed by atoms with Crippen molar-refractivity contribution in [2.24, 2.45) is 0 Å². The molecule has 0 fully saturated rings. The van der Waals surface area contributed by atoms with Crippen molar-refractivity contribution in [3.63, 3.8) is 0 Å². The number of nitrogens with zero attached hydrogens (tertiary/aromatic N) is 3. The van der Waals surface area contributed by atoms with Crippen molar-refractivity contribution in [1.29, 1.82) is 0 Å². The smallest absolute Gasteiger partial charge is 0.213 e. The van der Waals surface area contributed by atoms with Crippen LogP contribution in [0.3, 0.4) is 0 Å². The summed E-state index contributed by atoms with van der Waals surface area (Å²) in [5.74, 6) is 2.01. The number of methoxy groups -OCH3 is 1. The normalized spacial score (nSPS) is 10.3. The minimum absolute atomic E-state index is 0.563. The second kappa shape index (κ2) is 6.13. The first-order valence-electron chi connectivity index (χ1n) is 6.40. The maximum atomic E-state index is 5.13. The van der Waals surface area contributed by atoms with Crippen LogP contribution in [0, 0.1) is 0 Å². The number of aryl methyl sites for hydroxylation is 1. The van der Waals surface area contributed by atoms with Crippen LogP contribution in [0.4, 0.5) is 5.82 Å². The first kappa shape index (κ1) is 13.3. The van der Waals surface area contributed by atoms with Crippen LogP contribution in [-0.4, -0.2) is 28.6 Å². The molecule has 0 saturated heterocycles. The van der Waals surface area contributed by atoms with E-state index in [1.807, 2.05) is 25.1 Å². The van der Waals surface area contributed by atoms with Gasteiger partial charge in [0.1, 0.15) is 11.5 Å². The highest BCUT2D eigenvalue weighted by atomic mass is 16.5. The summed E-state index contributed by atoms with van der Waals surface area (Å²) in [7, 11) is 1.60. The molecular weight excluding hydrogens is 240 g/mol. The Hall–Kier alpha value is -2.17. The molecule has 1 N–H and O–H groups in total. The number of hydrogen-bond donors (Lipinski definition) is 1. The molecule has 0 aliphatic heterocycles. The van der Waals surface area contributed by atoms with Crippen molar-refractivity contribution < 1.29 is 4.74 Å². The standard InChI is InChI=1S/C14H18N4O/c1-4-10-9-12(15-5-2)18-14(16-10)11-7-6-8-13(17-11)19-3/h6-9H,4-5H2,1-3H3,(H,15,16,18). The minimum atomic E-state index is 0.563. The number of aromatic nitrogens is 3. The number of rotatable bonds is 5. The van der Waals surface area contributed by atoms with Crippen LogP contribution in [0.15, 0.2) is 24.3 Å². The van der Waals surface area contributed by atoms with Gasteiger partial charge >= 0.3 is 0 Å². The predicted molar refractivity (Wildman–Crippen MR) is 75.4 cm³/mol. The van der Waals surface area contributed by atoms with Gasteiger partial charge in [-0.1, -0.05) is 13.0 Å². The van der Waals surface area contributed by atoms with Gasteiger partial charge in [-0.15, -0.1) is 0 Å². The van der Waals surface area contributed by atoms with Crippen LogP contribution >= 0.6 is 0 Å². The first-order valence-corrected chi connectivity index (χ1v) is 6.40. The molecule has 0 spiro atoms. The lowest BCUT2D eigenvalue weighted by Gasteiger charge is -2.08. The van der Waals surface area contributed by atoms with Crippen LogP contribution in [0.25, 0.3) is 11.5 Å². The maximum absolute atomic E-state index is 5.13. The SMILES string of the molecule is CCNc1cc(CC)nc(-c2cccc(OC)n2)n1. The van der Waals surface area contributed by atoms with Crippen LogP contribution in [0.1, 0.15) is 19.5 Å². The fraction of sp³-hybridized carbons (Fsp3) is 0.357. The Morgan fingerprint density at radius 3 is 2.68 bits per heavy atom. The van der Waals surface area contributed by atoms with Crippen LogP contribution in [0.5, 0.6) is 5.88 Å². The van der Waals surface area contributed by atoms with Gasteiger partial charge in [0.2, 0.25) is 5.88 Å². The Balaban J connectivity index is 2.44. The van der Waals surface area contributed by atoms with Gasteiger partial charge in [0.15, 0.2) is 5.82 Å². The number of ether oxygens (including phenoxy) is 1. The molecule has 2 aromatic heterocycles. The Bertz CT molecular complexity index is 557. The van der Waals surface area contributed by atoms with E-state index < -0.39 is 0 Å². The van der Waals surface area contributed by atoms with Gasteiger partial charge in [-0.3, -0.25) is 0 Å². The third-order valence-electron chi connectivity index (χ3n) is 2.66. The van der Waals surface area contributed by atoms with Gasteiger partial charge in [0, 0.05) is 24.4 Å². The van der Waals surface area contributed by atoms with Crippen molar-refractivity contribution in [3.8, 4) is 17.4 Å². The Labute approximate surface area is 113 Å². The van der Waals surface area contributed by atoms with Crippen molar-refractivity contribution in [3.05, 3.63) is 30.0 Å². The largest absolute Gasteiger partial charge is 0.481 e. The van der Waals surface area contributed by atoms with Gasteiger partial charge in [-0.05, 0) is 19.4 Å². The third kappa shape index (κ3) is 3.19. The van der Waals surface area contributed by atoms with E-state index in [9.17, 15) is 0 Å². The van der Waals surface area contributed by atoms with Gasteiger partial charge in [-0.25, -0.2) is 15.0 Å². The molecule has 0 amide bonds. The van der Waals surface area contributed by atoms with E-state index >= 15 is 0 Å². The maximum Gasteiger partial charge on any atom is 0.213 e. The molecule has 0 radical (unpaired) electrons. The zero-order chi connectivity index (χ0) is 13.7. The van der Waals surface area contributed by atoms with Gasteiger partial charge < -0.3 is 10.1 Å². The summed E-state index contributed by atoms with van der Waals surface area (Å²) in [6.07, 6.45) is 0.859. The average Bonchev–Trinajstić information content (AvgIpc) is 2.47. The van der Waals surface area contributed by atoms with Crippen molar-refractivity contribution in [1.82, 2.24) is 15.0 Å². The molecule has 0 bridgehead atoms. The predicted octanol–water partition coefficient (Wildman–Crippen LogP) is 2.54. The van der Waals surface area contributed by atoms with Crippen LogP contribution < -0.4 is 10.1 Å². The molecule has 0 atom stereocenters. The van der Waals surface area contributed by atoms with E-state index in [1.165, 1.54) is 0 Å². The molecule has 2 rings (SSSR count). The van der Waals surface area contributed by atoms with Crippen molar-refractivity contribution in [2.75, 3.05) is 19.0 Å². The molecule has 0 saturated carbocycles. The van der Waals surface area contributed by atoms with E-state index in [1.54, 1.807) is 13.2 Å². The molecule has 0 aromatic carbocycles. The van der Waals surface area contributed by atoms with E-state index in [-0.39, 0.29) is 0 Å². The summed E-state index contributed by atoms with van der Waals surface area (Å²) in [6, 6.07) is 7.54. The lowest BCUT2D eigenvalue weighted by molar-refractivity contribution is 0.398. The van der Waals surface area contributed by atoms with Crippen molar-refractivity contribution in [2.45, 2.75) is 20.3 Å². The first-order chi connectivity index (χ1) is 9.26. The van der Waals surface area contributed by atoms with E-state index in [2.05, 4.69) is 27.2 Å². The zero-order valence-electron chi connectivity index (χ0n) is 11.5. The lowest BCUT2D eigenvalue weighted by atomic mass is 10.2. The fourth-order valence-electron chi connectivity index (χ4n) is 1.72. The fourth-order valence-corrected chi connectivity index (χ4v) is 1.72. The summed E-state index contributed by atoms with van der Waals surface area (Å²) in [5.41, 5.74) is 1.71. The highest BCUT2D eigenvalue weighted by Crippen LogP contribution is 2.18. The molecule has 5 nitrogen and oxygen atoms in total. The second-order valence-corrected chi connectivity index (χ2v) is 4.02. The topological polar surface area (TPSA) is 59.9 Å². The average molecular weight is 258 g/mol. The summed E-state index contributed by atoms with van der Waals surface area (Å²) in [6.45, 7) is 4.93. The van der Waals surface area contributed by atoms with Crippen molar-refractivity contribution >= 4 is 5.82 Å². The molecule has 0 aliphatic rings. The number of nitrogens with one attached hydrogen (secondary N) is 1. The van der Waals surface area contributed by atoms with Gasteiger partial charge in [0.25, 0.3) is 0 Å².